The van der Waals surface area contributed by atoms with Crippen molar-refractivity contribution in [2.75, 3.05) is 14.1 Å². The number of halogens is 2. The molecule has 1 heterocycles. The molecule has 1 aromatic heterocycles. The number of nitrogens with zero attached hydrogens (tertiary/aromatic N) is 3. The van der Waals surface area contributed by atoms with Crippen molar-refractivity contribution < 1.29 is 8.91 Å². The second-order valence-electron chi connectivity index (χ2n) is 5.97. The molecule has 2 N–H and O–H groups in total. The Balaban J connectivity index is 2.02. The highest BCUT2D eigenvalue weighted by Gasteiger charge is 2.40. The maximum Gasteiger partial charge on any atom is 0.248 e. The molecule has 2 aromatic rings. The van der Waals surface area contributed by atoms with Crippen molar-refractivity contribution in [1.82, 2.24) is 15.0 Å². The minimum atomic E-state index is -0.557. The van der Waals surface area contributed by atoms with Gasteiger partial charge in [0.15, 0.2) is 5.82 Å². The van der Waals surface area contributed by atoms with Crippen molar-refractivity contribution in [2.24, 2.45) is 5.73 Å². The topological polar surface area (TPSA) is 68.2 Å². The van der Waals surface area contributed by atoms with Crippen molar-refractivity contribution in [3.8, 4) is 0 Å². The summed E-state index contributed by atoms with van der Waals surface area (Å²) in [6.07, 6.45) is 2.72. The van der Waals surface area contributed by atoms with Crippen molar-refractivity contribution in [3.05, 3.63) is 46.3 Å². The van der Waals surface area contributed by atoms with Crippen LogP contribution in [0.1, 0.15) is 42.6 Å². The number of hydrogen-bond donors (Lipinski definition) is 1. The van der Waals surface area contributed by atoms with E-state index in [4.69, 9.17) is 21.9 Å². The Morgan fingerprint density at radius 1 is 1.41 bits per heavy atom. The molecule has 3 rings (SSSR count). The van der Waals surface area contributed by atoms with Crippen LogP contribution in [0.5, 0.6) is 0 Å². The summed E-state index contributed by atoms with van der Waals surface area (Å²) in [5, 5.41) is 4.32. The largest absolute Gasteiger partial charge is 0.337 e. The van der Waals surface area contributed by atoms with Crippen LogP contribution in [0, 0.1) is 5.82 Å². The molecule has 0 bridgehead atoms. The van der Waals surface area contributed by atoms with Gasteiger partial charge in [-0.1, -0.05) is 22.8 Å². The average molecular weight is 325 g/mol. The minimum Gasteiger partial charge on any atom is -0.337 e. The molecule has 22 heavy (non-hydrogen) atoms. The molecule has 0 spiro atoms. The van der Waals surface area contributed by atoms with E-state index in [1.54, 1.807) is 31.1 Å². The molecule has 118 valence electrons. The molecular weight excluding hydrogens is 307 g/mol. The first-order valence-corrected chi connectivity index (χ1v) is 7.53. The number of benzene rings is 1. The summed E-state index contributed by atoms with van der Waals surface area (Å²) in [6, 6.07) is 4.02. The lowest BCUT2D eigenvalue weighted by Gasteiger charge is -2.34. The lowest BCUT2D eigenvalue weighted by Crippen LogP contribution is -2.44. The Hall–Kier alpha value is -1.50. The van der Waals surface area contributed by atoms with Crippen LogP contribution in [0.15, 0.2) is 22.7 Å². The van der Waals surface area contributed by atoms with E-state index in [1.807, 2.05) is 0 Å². The van der Waals surface area contributed by atoms with Gasteiger partial charge in [-0.3, -0.25) is 4.90 Å². The van der Waals surface area contributed by atoms with Gasteiger partial charge in [0.1, 0.15) is 11.9 Å². The predicted octanol–water partition coefficient (Wildman–Crippen LogP) is 2.85. The second kappa shape index (κ2) is 5.61. The summed E-state index contributed by atoms with van der Waals surface area (Å²) in [4.78, 5) is 6.20. The zero-order valence-electron chi connectivity index (χ0n) is 12.5. The maximum atomic E-state index is 14.2. The van der Waals surface area contributed by atoms with Gasteiger partial charge in [-0.25, -0.2) is 4.39 Å². The van der Waals surface area contributed by atoms with Crippen LogP contribution < -0.4 is 5.73 Å². The highest BCUT2D eigenvalue weighted by Crippen LogP contribution is 2.39. The Bertz CT molecular complexity index is 664. The molecular formula is C15H18ClFN4O. The second-order valence-corrected chi connectivity index (χ2v) is 6.37. The van der Waals surface area contributed by atoms with Gasteiger partial charge in [-0.15, -0.1) is 0 Å². The molecule has 0 saturated heterocycles. The van der Waals surface area contributed by atoms with Crippen LogP contribution in [-0.2, 0) is 5.54 Å². The Morgan fingerprint density at radius 3 is 2.68 bits per heavy atom. The minimum absolute atomic E-state index is 0.295. The molecule has 1 atom stereocenters. The Labute approximate surface area is 133 Å². The van der Waals surface area contributed by atoms with Crippen molar-refractivity contribution in [2.45, 2.75) is 30.8 Å². The third-order valence-electron chi connectivity index (χ3n) is 4.16. The first-order chi connectivity index (χ1) is 10.4. The van der Waals surface area contributed by atoms with Crippen LogP contribution in [0.2, 0.25) is 5.02 Å². The van der Waals surface area contributed by atoms with Crippen LogP contribution in [0.3, 0.4) is 0 Å². The third-order valence-corrected chi connectivity index (χ3v) is 4.49. The summed E-state index contributed by atoms with van der Waals surface area (Å²) < 4.78 is 19.6. The van der Waals surface area contributed by atoms with E-state index in [0.717, 1.165) is 19.3 Å². The Kier molecular flexibility index (Phi) is 3.92. The molecule has 1 aliphatic rings. The van der Waals surface area contributed by atoms with Gasteiger partial charge in [0.05, 0.1) is 5.54 Å². The smallest absolute Gasteiger partial charge is 0.248 e. The first kappa shape index (κ1) is 15.4. The monoisotopic (exact) mass is 324 g/mol. The molecule has 1 saturated carbocycles. The van der Waals surface area contributed by atoms with E-state index in [2.05, 4.69) is 10.1 Å². The fourth-order valence-corrected chi connectivity index (χ4v) is 2.97. The first-order valence-electron chi connectivity index (χ1n) is 7.16. The summed E-state index contributed by atoms with van der Waals surface area (Å²) in [6.45, 7) is 0. The molecule has 0 aliphatic heterocycles. The van der Waals surface area contributed by atoms with Gasteiger partial charge in [0.25, 0.3) is 0 Å². The van der Waals surface area contributed by atoms with Crippen molar-refractivity contribution in [1.29, 1.82) is 0 Å². The summed E-state index contributed by atoms with van der Waals surface area (Å²) in [5.74, 6) is 0.369. The van der Waals surface area contributed by atoms with Crippen LogP contribution in [0.4, 0.5) is 4.39 Å². The van der Waals surface area contributed by atoms with E-state index < -0.39 is 17.4 Å². The van der Waals surface area contributed by atoms with Crippen molar-refractivity contribution >= 4 is 11.6 Å². The predicted molar refractivity (Wildman–Crippen MR) is 81.0 cm³/mol. The zero-order valence-corrected chi connectivity index (χ0v) is 13.3. The van der Waals surface area contributed by atoms with Crippen LogP contribution in [0.25, 0.3) is 0 Å². The van der Waals surface area contributed by atoms with E-state index in [9.17, 15) is 4.39 Å². The Morgan fingerprint density at radius 2 is 2.14 bits per heavy atom. The lowest BCUT2D eigenvalue weighted by molar-refractivity contribution is 0.225. The molecule has 1 fully saturated rings. The normalized spacial score (nSPS) is 18.3. The quantitative estimate of drug-likeness (QED) is 0.936. The SMILES string of the molecule is CN(C)C(c1nc(C2(N)CCC2)no1)c1c(F)cccc1Cl. The van der Waals surface area contributed by atoms with Gasteiger partial charge in [0, 0.05) is 10.6 Å². The van der Waals surface area contributed by atoms with Gasteiger partial charge in [-0.05, 0) is 45.5 Å². The lowest BCUT2D eigenvalue weighted by atomic mass is 9.77. The summed E-state index contributed by atoms with van der Waals surface area (Å²) in [5.41, 5.74) is 6.02. The molecule has 1 unspecified atom stereocenters. The fourth-order valence-electron chi connectivity index (χ4n) is 2.70. The molecule has 1 aromatic carbocycles. The van der Waals surface area contributed by atoms with Gasteiger partial charge >= 0.3 is 0 Å². The van der Waals surface area contributed by atoms with Crippen LogP contribution >= 0.6 is 11.6 Å². The highest BCUT2D eigenvalue weighted by molar-refractivity contribution is 6.31. The average Bonchev–Trinajstić information content (AvgIpc) is 2.89. The summed E-state index contributed by atoms with van der Waals surface area (Å²) >= 11 is 6.17. The van der Waals surface area contributed by atoms with E-state index >= 15 is 0 Å². The summed E-state index contributed by atoms with van der Waals surface area (Å²) in [7, 11) is 3.61. The highest BCUT2D eigenvalue weighted by atomic mass is 35.5. The molecule has 5 nitrogen and oxygen atoms in total. The number of rotatable bonds is 4. The number of hydrogen-bond acceptors (Lipinski definition) is 5. The standard InChI is InChI=1S/C15H18ClFN4O/c1-21(2)12(11-9(16)5-3-6-10(11)17)13-19-14(20-22-13)15(18)7-4-8-15/h3,5-6,12H,4,7-8,18H2,1-2H3. The van der Waals surface area contributed by atoms with E-state index in [-0.39, 0.29) is 0 Å². The van der Waals surface area contributed by atoms with E-state index in [0.29, 0.717) is 22.3 Å². The van der Waals surface area contributed by atoms with Crippen LogP contribution in [-0.4, -0.2) is 29.1 Å². The third kappa shape index (κ3) is 2.51. The van der Waals surface area contributed by atoms with Gasteiger partial charge < -0.3 is 10.3 Å². The molecule has 1 aliphatic carbocycles. The van der Waals surface area contributed by atoms with E-state index in [1.165, 1.54) is 6.07 Å². The number of aromatic nitrogens is 2. The molecule has 7 heteroatoms. The maximum absolute atomic E-state index is 14.2. The van der Waals surface area contributed by atoms with Gasteiger partial charge in [0.2, 0.25) is 5.89 Å². The molecule has 0 radical (unpaired) electrons. The van der Waals surface area contributed by atoms with Crippen molar-refractivity contribution in [3.63, 3.8) is 0 Å². The van der Waals surface area contributed by atoms with Gasteiger partial charge in [-0.2, -0.15) is 4.98 Å². The molecule has 0 amide bonds. The zero-order chi connectivity index (χ0) is 15.9. The fraction of sp³-hybridized carbons (Fsp3) is 0.467. The number of nitrogens with two attached hydrogens (primary N) is 1.